The first-order chi connectivity index (χ1) is 19.9. The molecule has 8 heteroatoms. The number of pyridine rings is 1. The number of aromatic nitrogens is 1. The number of para-hydroxylation sites is 1. The van der Waals surface area contributed by atoms with Crippen LogP contribution in [-0.4, -0.2) is 45.2 Å². The first kappa shape index (κ1) is 27.7. The van der Waals surface area contributed by atoms with E-state index in [1.807, 2.05) is 42.5 Å². The number of allylic oxidation sites excluding steroid dienone is 1. The van der Waals surface area contributed by atoms with Gasteiger partial charge in [0.2, 0.25) is 5.75 Å². The molecule has 4 aromatic rings. The van der Waals surface area contributed by atoms with Crippen LogP contribution in [0.5, 0.6) is 23.0 Å². The normalized spacial score (nSPS) is 13.1. The van der Waals surface area contributed by atoms with E-state index < -0.39 is 5.97 Å². The summed E-state index contributed by atoms with van der Waals surface area (Å²) in [5, 5.41) is 0.731. The van der Waals surface area contributed by atoms with Crippen molar-refractivity contribution in [1.29, 1.82) is 0 Å². The molecular weight excluding hydrogens is 522 g/mol. The molecule has 210 valence electrons. The van der Waals surface area contributed by atoms with Crippen molar-refractivity contribution in [3.8, 4) is 23.0 Å². The molecule has 1 aromatic heterocycles. The molecule has 1 aliphatic rings. The number of esters is 1. The van der Waals surface area contributed by atoms with Crippen LogP contribution in [0, 0.1) is 0 Å². The number of methoxy groups -OCH3 is 4. The molecular formula is C33H31NO7. The molecule has 0 N–H and O–H groups in total. The Balaban J connectivity index is 1.54. The summed E-state index contributed by atoms with van der Waals surface area (Å²) in [6, 6.07) is 16.4. The second-order valence-corrected chi connectivity index (χ2v) is 9.62. The van der Waals surface area contributed by atoms with Gasteiger partial charge in [-0.05, 0) is 78.9 Å². The quantitative estimate of drug-likeness (QED) is 0.176. The highest BCUT2D eigenvalue weighted by molar-refractivity contribution is 6.07. The molecule has 0 bridgehead atoms. The van der Waals surface area contributed by atoms with Gasteiger partial charge in [0.05, 0.1) is 45.2 Å². The molecule has 0 atom stereocenters. The van der Waals surface area contributed by atoms with Crippen LogP contribution in [0.1, 0.15) is 56.4 Å². The van der Waals surface area contributed by atoms with Gasteiger partial charge in [-0.2, -0.15) is 0 Å². The average molecular weight is 554 g/mol. The van der Waals surface area contributed by atoms with E-state index >= 15 is 0 Å². The topological polar surface area (TPSA) is 93.2 Å². The highest BCUT2D eigenvalue weighted by atomic mass is 16.5. The number of carbonyl (C=O) groups excluding carboxylic acids is 2. The number of ether oxygens (including phenoxy) is 5. The minimum atomic E-state index is -0.454. The molecule has 8 nitrogen and oxygen atoms in total. The monoisotopic (exact) mass is 553 g/mol. The van der Waals surface area contributed by atoms with Crippen molar-refractivity contribution in [3.05, 3.63) is 88.1 Å². The Hall–Kier alpha value is -4.85. The maximum atomic E-state index is 13.7. The minimum Gasteiger partial charge on any atom is -0.496 e. The summed E-state index contributed by atoms with van der Waals surface area (Å²) in [7, 11) is 6.27. The lowest BCUT2D eigenvalue weighted by atomic mass is 10.0. The number of hydrogen-bond donors (Lipinski definition) is 0. The SMILES string of the molecule is COc1ccc(C(C)=O)cc1COC(=O)c1c2c(nc3ccccc13)/C(=C\c1cc(OC)c(OC)c(OC)c1)CC2. The van der Waals surface area contributed by atoms with E-state index in [-0.39, 0.29) is 12.4 Å². The van der Waals surface area contributed by atoms with Gasteiger partial charge in [-0.3, -0.25) is 4.79 Å². The van der Waals surface area contributed by atoms with Gasteiger partial charge in [0.15, 0.2) is 17.3 Å². The maximum Gasteiger partial charge on any atom is 0.339 e. The van der Waals surface area contributed by atoms with E-state index in [0.29, 0.717) is 58.0 Å². The van der Waals surface area contributed by atoms with Crippen molar-refractivity contribution < 1.29 is 33.3 Å². The summed E-state index contributed by atoms with van der Waals surface area (Å²) in [5.41, 5.74) is 5.80. The van der Waals surface area contributed by atoms with E-state index in [2.05, 4.69) is 0 Å². The summed E-state index contributed by atoms with van der Waals surface area (Å²) in [4.78, 5) is 30.6. The highest BCUT2D eigenvalue weighted by Crippen LogP contribution is 2.42. The number of Topliss-reactive ketones (excluding diaryl/α,β-unsaturated/α-hetero) is 1. The molecule has 3 aromatic carbocycles. The molecule has 0 saturated carbocycles. The number of rotatable bonds is 9. The van der Waals surface area contributed by atoms with Crippen LogP contribution in [0.3, 0.4) is 0 Å². The molecule has 41 heavy (non-hydrogen) atoms. The lowest BCUT2D eigenvalue weighted by Gasteiger charge is -2.14. The second-order valence-electron chi connectivity index (χ2n) is 9.62. The number of fused-ring (bicyclic) bond motifs is 2. The van der Waals surface area contributed by atoms with Crippen LogP contribution < -0.4 is 18.9 Å². The fraction of sp³-hybridized carbons (Fsp3) is 0.242. The van der Waals surface area contributed by atoms with Crippen molar-refractivity contribution >= 4 is 34.3 Å². The molecule has 5 rings (SSSR count). The average Bonchev–Trinajstić information content (AvgIpc) is 3.39. The number of carbonyl (C=O) groups is 2. The summed E-state index contributed by atoms with van der Waals surface area (Å²) >= 11 is 0. The third-order valence-electron chi connectivity index (χ3n) is 7.22. The van der Waals surface area contributed by atoms with Crippen LogP contribution in [0.4, 0.5) is 0 Å². The van der Waals surface area contributed by atoms with Crippen molar-refractivity contribution in [1.82, 2.24) is 4.98 Å². The van der Waals surface area contributed by atoms with Crippen LogP contribution in [0.15, 0.2) is 54.6 Å². The van der Waals surface area contributed by atoms with Gasteiger partial charge < -0.3 is 23.7 Å². The Morgan fingerprint density at radius 2 is 1.56 bits per heavy atom. The lowest BCUT2D eigenvalue weighted by molar-refractivity contribution is 0.0471. The Morgan fingerprint density at radius 3 is 2.22 bits per heavy atom. The van der Waals surface area contributed by atoms with E-state index in [9.17, 15) is 9.59 Å². The molecule has 0 radical (unpaired) electrons. The van der Waals surface area contributed by atoms with Gasteiger partial charge in [-0.15, -0.1) is 0 Å². The third kappa shape index (κ3) is 5.33. The predicted octanol–water partition coefficient (Wildman–Crippen LogP) is 6.32. The number of ketones is 1. The smallest absolute Gasteiger partial charge is 0.339 e. The van der Waals surface area contributed by atoms with Crippen molar-refractivity contribution in [2.75, 3.05) is 28.4 Å². The number of hydrogen-bond acceptors (Lipinski definition) is 8. The van der Waals surface area contributed by atoms with E-state index in [0.717, 1.165) is 27.8 Å². The molecule has 0 fully saturated rings. The molecule has 1 aliphatic carbocycles. The first-order valence-corrected chi connectivity index (χ1v) is 13.2. The summed E-state index contributed by atoms with van der Waals surface area (Å²) < 4.78 is 27.8. The molecule has 0 amide bonds. The van der Waals surface area contributed by atoms with Crippen LogP contribution >= 0.6 is 0 Å². The Labute approximate surface area is 238 Å². The van der Waals surface area contributed by atoms with Gasteiger partial charge >= 0.3 is 5.97 Å². The highest BCUT2D eigenvalue weighted by Gasteiger charge is 2.28. The summed E-state index contributed by atoms with van der Waals surface area (Å²) in [6.07, 6.45) is 3.37. The van der Waals surface area contributed by atoms with Crippen molar-refractivity contribution in [3.63, 3.8) is 0 Å². The zero-order valence-corrected chi connectivity index (χ0v) is 23.7. The van der Waals surface area contributed by atoms with Gasteiger partial charge in [0.25, 0.3) is 0 Å². The van der Waals surface area contributed by atoms with Crippen LogP contribution in [0.2, 0.25) is 0 Å². The Morgan fingerprint density at radius 1 is 0.854 bits per heavy atom. The largest absolute Gasteiger partial charge is 0.496 e. The minimum absolute atomic E-state index is 0.0390. The third-order valence-corrected chi connectivity index (χ3v) is 7.22. The molecule has 0 unspecified atom stereocenters. The molecule has 0 spiro atoms. The van der Waals surface area contributed by atoms with E-state index in [4.69, 9.17) is 28.7 Å². The number of nitrogens with zero attached hydrogens (tertiary/aromatic N) is 1. The fourth-order valence-corrected chi connectivity index (χ4v) is 5.22. The zero-order valence-electron chi connectivity index (χ0n) is 23.7. The van der Waals surface area contributed by atoms with Gasteiger partial charge in [-0.1, -0.05) is 18.2 Å². The standard InChI is InChI=1S/C33H31NO7/c1-19(35)21-11-13-27(37-2)23(17-21)18-41-33(36)30-24-8-6-7-9-26(24)34-31-22(10-12-25(30)31)14-20-15-28(38-3)32(40-5)29(16-20)39-4/h6-9,11,13-17H,10,12,18H2,1-5H3/b22-14-. The molecule has 1 heterocycles. The predicted molar refractivity (Wildman–Crippen MR) is 156 cm³/mol. The second kappa shape index (κ2) is 11.7. The Kier molecular flexibility index (Phi) is 7.92. The van der Waals surface area contributed by atoms with Crippen LogP contribution in [-0.2, 0) is 17.8 Å². The van der Waals surface area contributed by atoms with E-state index in [1.54, 1.807) is 46.6 Å². The van der Waals surface area contributed by atoms with Crippen molar-refractivity contribution in [2.45, 2.75) is 26.4 Å². The molecule has 0 saturated heterocycles. The van der Waals surface area contributed by atoms with E-state index in [1.165, 1.54) is 6.92 Å². The van der Waals surface area contributed by atoms with Crippen molar-refractivity contribution in [2.24, 2.45) is 0 Å². The number of benzene rings is 3. The maximum absolute atomic E-state index is 13.7. The summed E-state index contributed by atoms with van der Waals surface area (Å²) in [5.74, 6) is 1.63. The van der Waals surface area contributed by atoms with Gasteiger partial charge in [-0.25, -0.2) is 9.78 Å². The lowest BCUT2D eigenvalue weighted by Crippen LogP contribution is -2.11. The van der Waals surface area contributed by atoms with Gasteiger partial charge in [0, 0.05) is 16.5 Å². The fourth-order valence-electron chi connectivity index (χ4n) is 5.22. The van der Waals surface area contributed by atoms with Crippen LogP contribution in [0.25, 0.3) is 22.6 Å². The summed E-state index contributed by atoms with van der Waals surface area (Å²) in [6.45, 7) is 1.45. The zero-order chi connectivity index (χ0) is 29.1. The van der Waals surface area contributed by atoms with Gasteiger partial charge in [0.1, 0.15) is 12.4 Å². The Bertz CT molecular complexity index is 1660. The molecule has 0 aliphatic heterocycles. The first-order valence-electron chi connectivity index (χ1n) is 13.2.